The van der Waals surface area contributed by atoms with Gasteiger partial charge in [0.2, 0.25) is 0 Å². The molecule has 1 aromatic heterocycles. The molecule has 5 heteroatoms. The quantitative estimate of drug-likeness (QED) is 0.925. The Balaban J connectivity index is 1.72. The molecule has 1 aromatic carbocycles. The maximum absolute atomic E-state index is 12.6. The van der Waals surface area contributed by atoms with Gasteiger partial charge in [0.15, 0.2) is 0 Å². The number of β-amino-alcohol motifs (C(OH)–C–C–N with tert-alkyl or cyclic N) is 1. The lowest BCUT2D eigenvalue weighted by atomic mass is 9.87. The number of hydrogen-bond donors (Lipinski definition) is 1. The van der Waals surface area contributed by atoms with Gasteiger partial charge in [0.25, 0.3) is 5.91 Å². The molecule has 0 bridgehead atoms. The van der Waals surface area contributed by atoms with E-state index in [1.807, 2.05) is 30.3 Å². The summed E-state index contributed by atoms with van der Waals surface area (Å²) in [6.07, 6.45) is 1.92. The summed E-state index contributed by atoms with van der Waals surface area (Å²) in [5.41, 5.74) is 1.68. The van der Waals surface area contributed by atoms with Gasteiger partial charge in [-0.15, -0.1) is 0 Å². The number of carbonyl (C=O) groups is 1. The second kappa shape index (κ2) is 6.15. The van der Waals surface area contributed by atoms with Gasteiger partial charge in [-0.2, -0.15) is 0 Å². The Morgan fingerprint density at radius 2 is 2.05 bits per heavy atom. The molecule has 2 heterocycles. The minimum Gasteiger partial charge on any atom is -0.391 e. The summed E-state index contributed by atoms with van der Waals surface area (Å²) in [6.45, 7) is 0.986. The van der Waals surface area contributed by atoms with Gasteiger partial charge in [0, 0.05) is 32.3 Å². The van der Waals surface area contributed by atoms with E-state index in [9.17, 15) is 9.90 Å². The maximum atomic E-state index is 12.6. The smallest absolute Gasteiger partial charge is 0.270 e. The Labute approximate surface area is 134 Å². The third-order valence-corrected chi connectivity index (χ3v) is 4.49. The number of likely N-dealkylation sites (tertiary alicyclic amines) is 1. The molecule has 0 aliphatic carbocycles. The van der Waals surface area contributed by atoms with E-state index in [1.54, 1.807) is 28.8 Å². The lowest BCUT2D eigenvalue weighted by molar-refractivity contribution is 0.0375. The van der Waals surface area contributed by atoms with E-state index in [4.69, 9.17) is 11.6 Å². The van der Waals surface area contributed by atoms with E-state index in [0.29, 0.717) is 23.8 Å². The summed E-state index contributed by atoms with van der Waals surface area (Å²) in [5.74, 6) is 0.00205. The van der Waals surface area contributed by atoms with Gasteiger partial charge in [-0.1, -0.05) is 41.9 Å². The Hall–Kier alpha value is -1.78. The van der Waals surface area contributed by atoms with E-state index < -0.39 is 6.10 Å². The van der Waals surface area contributed by atoms with Gasteiger partial charge < -0.3 is 14.6 Å². The molecule has 4 nitrogen and oxygen atoms in total. The first-order chi connectivity index (χ1) is 10.6. The fourth-order valence-electron chi connectivity index (χ4n) is 3.10. The minimum atomic E-state index is -0.546. The first-order valence-electron chi connectivity index (χ1n) is 7.40. The molecule has 1 amide bonds. The van der Waals surface area contributed by atoms with Crippen LogP contribution in [0.25, 0.3) is 0 Å². The number of aliphatic hydroxyl groups is 1. The highest BCUT2D eigenvalue weighted by Gasteiger charge is 2.32. The van der Waals surface area contributed by atoms with Crippen LogP contribution in [0, 0.1) is 0 Å². The van der Waals surface area contributed by atoms with Crippen LogP contribution in [0.2, 0.25) is 5.02 Å². The van der Waals surface area contributed by atoms with Crippen molar-refractivity contribution in [1.82, 2.24) is 9.47 Å². The number of benzene rings is 1. The molecule has 2 aromatic rings. The number of nitrogens with zero attached hydrogens (tertiary/aromatic N) is 2. The number of amides is 1. The molecule has 0 saturated carbocycles. The van der Waals surface area contributed by atoms with E-state index in [-0.39, 0.29) is 11.8 Å². The summed E-state index contributed by atoms with van der Waals surface area (Å²) in [6, 6.07) is 11.6. The molecular formula is C17H19ClN2O2. The molecule has 3 rings (SSSR count). The number of hydrogen-bond acceptors (Lipinski definition) is 2. The molecule has 0 unspecified atom stereocenters. The number of rotatable bonds is 2. The van der Waals surface area contributed by atoms with Gasteiger partial charge in [0.1, 0.15) is 5.69 Å². The second-order valence-corrected chi connectivity index (χ2v) is 6.22. The molecule has 0 radical (unpaired) electrons. The van der Waals surface area contributed by atoms with E-state index in [1.165, 1.54) is 0 Å². The van der Waals surface area contributed by atoms with Crippen LogP contribution in [0.15, 0.2) is 42.6 Å². The number of carbonyl (C=O) groups excluding carboxylic acids is 1. The van der Waals surface area contributed by atoms with Crippen molar-refractivity contribution in [1.29, 1.82) is 0 Å². The first-order valence-corrected chi connectivity index (χ1v) is 7.78. The Bertz CT molecular complexity index is 669. The van der Waals surface area contributed by atoms with Crippen molar-refractivity contribution >= 4 is 17.5 Å². The average Bonchev–Trinajstić information content (AvgIpc) is 2.86. The molecule has 1 aliphatic rings. The van der Waals surface area contributed by atoms with Crippen LogP contribution < -0.4 is 0 Å². The zero-order chi connectivity index (χ0) is 15.7. The van der Waals surface area contributed by atoms with Gasteiger partial charge in [0.05, 0.1) is 11.1 Å². The maximum Gasteiger partial charge on any atom is 0.270 e. The summed E-state index contributed by atoms with van der Waals surface area (Å²) in [5, 5.41) is 11.0. The Morgan fingerprint density at radius 1 is 1.32 bits per heavy atom. The number of aromatic nitrogens is 1. The molecule has 1 N–H and O–H groups in total. The Kier molecular flexibility index (Phi) is 4.23. The van der Waals surface area contributed by atoms with E-state index in [0.717, 1.165) is 12.0 Å². The molecular weight excluding hydrogens is 300 g/mol. The molecule has 22 heavy (non-hydrogen) atoms. The fraction of sp³-hybridized carbons (Fsp3) is 0.353. The third-order valence-electron chi connectivity index (χ3n) is 4.29. The van der Waals surface area contributed by atoms with Crippen molar-refractivity contribution in [3.05, 3.63) is 58.9 Å². The highest BCUT2D eigenvalue weighted by Crippen LogP contribution is 2.29. The lowest BCUT2D eigenvalue weighted by Crippen LogP contribution is -2.46. The number of aliphatic hydroxyl groups excluding tert-OH is 1. The van der Waals surface area contributed by atoms with Crippen molar-refractivity contribution in [2.75, 3.05) is 13.1 Å². The standard InChI is InChI=1S/C17H19ClN2O2/c1-19-10-13(18)9-15(19)17(22)20-8-7-14(16(21)11-20)12-5-3-2-4-6-12/h2-6,9-10,14,16,21H,7-8,11H2,1H3/t14-,16+/m0/s1. The number of halogens is 1. The second-order valence-electron chi connectivity index (χ2n) is 5.78. The van der Waals surface area contributed by atoms with Crippen LogP contribution in [0.4, 0.5) is 0 Å². The summed E-state index contributed by atoms with van der Waals surface area (Å²) >= 11 is 5.94. The monoisotopic (exact) mass is 318 g/mol. The largest absolute Gasteiger partial charge is 0.391 e. The summed E-state index contributed by atoms with van der Waals surface area (Å²) in [7, 11) is 1.80. The molecule has 2 atom stereocenters. The predicted molar refractivity (Wildman–Crippen MR) is 86.1 cm³/mol. The van der Waals surface area contributed by atoms with Crippen molar-refractivity contribution < 1.29 is 9.90 Å². The highest BCUT2D eigenvalue weighted by molar-refractivity contribution is 6.31. The van der Waals surface area contributed by atoms with Crippen LogP contribution in [0.3, 0.4) is 0 Å². The predicted octanol–water partition coefficient (Wildman–Crippen LogP) is 2.67. The fourth-order valence-corrected chi connectivity index (χ4v) is 3.35. The molecule has 1 aliphatic heterocycles. The van der Waals surface area contributed by atoms with Crippen LogP contribution in [-0.4, -0.2) is 39.7 Å². The SMILES string of the molecule is Cn1cc(Cl)cc1C(=O)N1CC[C@@H](c2ccccc2)[C@H](O)C1. The summed E-state index contributed by atoms with van der Waals surface area (Å²) in [4.78, 5) is 14.3. The minimum absolute atomic E-state index is 0.0834. The van der Waals surface area contributed by atoms with Gasteiger partial charge in [-0.3, -0.25) is 4.79 Å². The van der Waals surface area contributed by atoms with Crippen LogP contribution in [-0.2, 0) is 7.05 Å². The molecule has 1 fully saturated rings. The third kappa shape index (κ3) is 2.89. The molecule has 1 saturated heterocycles. The van der Waals surface area contributed by atoms with Crippen molar-refractivity contribution in [2.45, 2.75) is 18.4 Å². The van der Waals surface area contributed by atoms with Crippen LogP contribution >= 0.6 is 11.6 Å². The zero-order valence-electron chi connectivity index (χ0n) is 12.4. The number of piperidine rings is 1. The topological polar surface area (TPSA) is 45.5 Å². The van der Waals surface area contributed by atoms with Crippen molar-refractivity contribution in [3.8, 4) is 0 Å². The zero-order valence-corrected chi connectivity index (χ0v) is 13.2. The van der Waals surface area contributed by atoms with Gasteiger partial charge in [-0.25, -0.2) is 0 Å². The summed E-state index contributed by atoms with van der Waals surface area (Å²) < 4.78 is 1.72. The Morgan fingerprint density at radius 3 is 2.64 bits per heavy atom. The lowest BCUT2D eigenvalue weighted by Gasteiger charge is -2.36. The van der Waals surface area contributed by atoms with E-state index >= 15 is 0 Å². The van der Waals surface area contributed by atoms with Gasteiger partial charge in [-0.05, 0) is 18.1 Å². The average molecular weight is 319 g/mol. The first kappa shape index (κ1) is 15.1. The van der Waals surface area contributed by atoms with Crippen molar-refractivity contribution in [3.63, 3.8) is 0 Å². The van der Waals surface area contributed by atoms with Crippen LogP contribution in [0.1, 0.15) is 28.4 Å². The highest BCUT2D eigenvalue weighted by atomic mass is 35.5. The van der Waals surface area contributed by atoms with E-state index in [2.05, 4.69) is 0 Å². The van der Waals surface area contributed by atoms with Crippen molar-refractivity contribution in [2.24, 2.45) is 7.05 Å². The van der Waals surface area contributed by atoms with Gasteiger partial charge >= 0.3 is 0 Å². The number of aryl methyl sites for hydroxylation is 1. The molecule has 116 valence electrons. The molecule has 0 spiro atoms. The van der Waals surface area contributed by atoms with Crippen LogP contribution in [0.5, 0.6) is 0 Å². The normalized spacial score (nSPS) is 21.9.